The minimum absolute atomic E-state index is 0.207. The number of imide groups is 1. The summed E-state index contributed by atoms with van der Waals surface area (Å²) in [6.45, 7) is 5.70. The number of carbonyl (C=O) groups excluding carboxylic acids is 2. The van der Waals surface area contributed by atoms with Gasteiger partial charge >= 0.3 is 0 Å². The summed E-state index contributed by atoms with van der Waals surface area (Å²) in [6, 6.07) is 13.4. The van der Waals surface area contributed by atoms with Crippen molar-refractivity contribution in [3.63, 3.8) is 0 Å². The van der Waals surface area contributed by atoms with Gasteiger partial charge in [-0.15, -0.1) is 0 Å². The highest BCUT2D eigenvalue weighted by Gasteiger charge is 2.30. The third-order valence-electron chi connectivity index (χ3n) is 7.24. The van der Waals surface area contributed by atoms with Crippen LogP contribution >= 0.6 is 0 Å². The highest BCUT2D eigenvalue weighted by Crippen LogP contribution is 2.24. The Morgan fingerprint density at radius 3 is 2.42 bits per heavy atom. The lowest BCUT2D eigenvalue weighted by Gasteiger charge is -2.24. The molecule has 5 rings (SSSR count). The predicted molar refractivity (Wildman–Crippen MR) is 140 cm³/mol. The fourth-order valence-electron chi connectivity index (χ4n) is 5.28. The number of anilines is 1. The number of amides is 2. The Morgan fingerprint density at radius 1 is 0.972 bits per heavy atom. The molecular formula is C28H33N5O3. The molecule has 3 aromatic rings. The smallest absolute Gasteiger partial charge is 0.262 e. The number of aromatic nitrogens is 2. The summed E-state index contributed by atoms with van der Waals surface area (Å²) in [7, 11) is 0. The van der Waals surface area contributed by atoms with Gasteiger partial charge in [-0.25, -0.2) is 4.98 Å². The van der Waals surface area contributed by atoms with E-state index in [2.05, 4.69) is 39.8 Å². The molecule has 0 bridgehead atoms. The van der Waals surface area contributed by atoms with Crippen molar-refractivity contribution in [3.8, 4) is 0 Å². The fourth-order valence-corrected chi connectivity index (χ4v) is 5.28. The molecule has 2 amide bonds. The highest BCUT2D eigenvalue weighted by molar-refractivity contribution is 5.99. The van der Waals surface area contributed by atoms with Gasteiger partial charge in [0, 0.05) is 19.5 Å². The fraction of sp³-hybridized carbons (Fsp3) is 0.429. The lowest BCUT2D eigenvalue weighted by Crippen LogP contribution is -2.45. The molecule has 0 spiro atoms. The second-order valence-corrected chi connectivity index (χ2v) is 9.86. The van der Waals surface area contributed by atoms with Crippen LogP contribution in [0.2, 0.25) is 0 Å². The number of nitrogens with zero attached hydrogens (tertiary/aromatic N) is 3. The number of fused-ring (bicyclic) bond motifs is 1. The number of likely N-dealkylation sites (tertiary alicyclic amines) is 1. The van der Waals surface area contributed by atoms with Gasteiger partial charge in [-0.1, -0.05) is 43.2 Å². The molecule has 188 valence electrons. The maximum absolute atomic E-state index is 13.4. The van der Waals surface area contributed by atoms with Gasteiger partial charge in [0.05, 0.1) is 11.1 Å². The molecule has 1 aromatic heterocycles. The molecule has 2 fully saturated rings. The zero-order valence-electron chi connectivity index (χ0n) is 20.8. The highest BCUT2D eigenvalue weighted by atomic mass is 16.2. The van der Waals surface area contributed by atoms with Crippen LogP contribution in [-0.4, -0.2) is 39.4 Å². The first-order chi connectivity index (χ1) is 17.5. The van der Waals surface area contributed by atoms with Gasteiger partial charge < -0.3 is 5.32 Å². The van der Waals surface area contributed by atoms with Crippen LogP contribution in [0.25, 0.3) is 10.9 Å². The molecule has 0 radical (unpaired) electrons. The van der Waals surface area contributed by atoms with Gasteiger partial charge in [0.15, 0.2) is 0 Å². The van der Waals surface area contributed by atoms with Gasteiger partial charge in [-0.3, -0.25) is 29.2 Å². The largest absolute Gasteiger partial charge is 0.379 e. The average Bonchev–Trinajstić information content (AvgIpc) is 3.14. The third-order valence-corrected chi connectivity index (χ3v) is 7.24. The number of nitrogens with one attached hydrogen (secondary N) is 2. The summed E-state index contributed by atoms with van der Waals surface area (Å²) in [5.74, 6) is -0.308. The summed E-state index contributed by atoms with van der Waals surface area (Å²) >= 11 is 0. The Balaban J connectivity index is 1.32. The summed E-state index contributed by atoms with van der Waals surface area (Å²) in [6.07, 6.45) is 5.77. The molecule has 2 N–H and O–H groups in total. The van der Waals surface area contributed by atoms with E-state index in [1.807, 2.05) is 12.1 Å². The Hall–Kier alpha value is -3.52. The number of para-hydroxylation sites is 1. The quantitative estimate of drug-likeness (QED) is 0.515. The molecule has 8 nitrogen and oxygen atoms in total. The molecule has 8 heteroatoms. The first kappa shape index (κ1) is 24.2. The predicted octanol–water partition coefficient (Wildman–Crippen LogP) is 3.67. The van der Waals surface area contributed by atoms with E-state index in [0.29, 0.717) is 29.7 Å². The summed E-state index contributed by atoms with van der Waals surface area (Å²) in [5.41, 5.74) is 3.57. The molecule has 3 heterocycles. The van der Waals surface area contributed by atoms with Crippen molar-refractivity contribution in [1.82, 2.24) is 19.8 Å². The van der Waals surface area contributed by atoms with Gasteiger partial charge in [0.25, 0.3) is 5.56 Å². The number of piperidine rings is 1. The molecule has 0 saturated carbocycles. The first-order valence-corrected chi connectivity index (χ1v) is 12.9. The monoisotopic (exact) mass is 487 g/mol. The van der Waals surface area contributed by atoms with Gasteiger partial charge in [0.1, 0.15) is 17.4 Å². The molecule has 2 aromatic carbocycles. The molecule has 2 aliphatic heterocycles. The molecule has 0 aliphatic carbocycles. The SMILES string of the molecule is Cc1nc2c(NCc3ccc(CN4CCCCCC4)cc3)cccc2c(=O)n1C1CCC(=O)NC1=O. The molecule has 2 saturated heterocycles. The number of benzene rings is 2. The lowest BCUT2D eigenvalue weighted by molar-refractivity contribution is -0.135. The summed E-state index contributed by atoms with van der Waals surface area (Å²) in [4.78, 5) is 44.5. The van der Waals surface area contributed by atoms with E-state index in [4.69, 9.17) is 4.98 Å². The molecule has 2 aliphatic rings. The maximum Gasteiger partial charge on any atom is 0.262 e. The summed E-state index contributed by atoms with van der Waals surface area (Å²) < 4.78 is 1.41. The van der Waals surface area contributed by atoms with Crippen molar-refractivity contribution < 1.29 is 9.59 Å². The van der Waals surface area contributed by atoms with Gasteiger partial charge in [-0.2, -0.15) is 0 Å². The number of rotatable bonds is 6. The third kappa shape index (κ3) is 5.18. The first-order valence-electron chi connectivity index (χ1n) is 12.9. The van der Waals surface area contributed by atoms with E-state index in [1.54, 1.807) is 13.0 Å². The van der Waals surface area contributed by atoms with Crippen LogP contribution in [-0.2, 0) is 22.7 Å². The van der Waals surface area contributed by atoms with E-state index in [9.17, 15) is 14.4 Å². The Morgan fingerprint density at radius 2 is 1.69 bits per heavy atom. The van der Waals surface area contributed by atoms with Crippen LogP contribution in [0.15, 0.2) is 47.3 Å². The lowest BCUT2D eigenvalue weighted by atomic mass is 10.1. The van der Waals surface area contributed by atoms with Crippen LogP contribution in [0.4, 0.5) is 5.69 Å². The zero-order chi connectivity index (χ0) is 25.1. The maximum atomic E-state index is 13.4. The normalized spacial score (nSPS) is 19.2. The second-order valence-electron chi connectivity index (χ2n) is 9.86. The Labute approximate surface area is 210 Å². The topological polar surface area (TPSA) is 96.3 Å². The summed E-state index contributed by atoms with van der Waals surface area (Å²) in [5, 5.41) is 6.21. The van der Waals surface area contributed by atoms with Crippen molar-refractivity contribution in [2.45, 2.75) is 64.6 Å². The van der Waals surface area contributed by atoms with E-state index >= 15 is 0 Å². The van der Waals surface area contributed by atoms with E-state index in [0.717, 1.165) is 17.8 Å². The average molecular weight is 488 g/mol. The van der Waals surface area contributed by atoms with E-state index in [-0.39, 0.29) is 17.9 Å². The number of hydrogen-bond acceptors (Lipinski definition) is 6. The van der Waals surface area contributed by atoms with Crippen molar-refractivity contribution in [1.29, 1.82) is 0 Å². The van der Waals surface area contributed by atoms with Crippen LogP contribution in [0.5, 0.6) is 0 Å². The van der Waals surface area contributed by atoms with Crippen LogP contribution in [0.3, 0.4) is 0 Å². The second kappa shape index (κ2) is 10.6. The Kier molecular flexibility index (Phi) is 7.13. The molecule has 1 atom stereocenters. The number of hydrogen-bond donors (Lipinski definition) is 2. The molecular weight excluding hydrogens is 454 g/mol. The molecule has 36 heavy (non-hydrogen) atoms. The van der Waals surface area contributed by atoms with Gasteiger partial charge in [-0.05, 0) is 62.5 Å². The Bertz CT molecular complexity index is 1320. The number of aryl methyl sites for hydroxylation is 1. The van der Waals surface area contributed by atoms with Crippen molar-refractivity contribution in [3.05, 3.63) is 69.8 Å². The van der Waals surface area contributed by atoms with Crippen molar-refractivity contribution in [2.24, 2.45) is 0 Å². The minimum atomic E-state index is -0.725. The standard InChI is InChI=1S/C28H33N5O3/c1-19-30-26-22(28(36)33(19)24-13-14-25(34)31-27(24)35)7-6-8-23(26)29-17-20-9-11-21(12-10-20)18-32-15-4-2-3-5-16-32/h6-12,24,29H,2-5,13-18H2,1H3,(H,31,34,35). The number of carbonyl (C=O) groups is 2. The van der Waals surface area contributed by atoms with Crippen LogP contribution in [0, 0.1) is 6.92 Å². The van der Waals surface area contributed by atoms with Crippen molar-refractivity contribution in [2.75, 3.05) is 18.4 Å². The van der Waals surface area contributed by atoms with Crippen molar-refractivity contribution >= 4 is 28.4 Å². The van der Waals surface area contributed by atoms with E-state index in [1.165, 1.54) is 48.9 Å². The van der Waals surface area contributed by atoms with Crippen LogP contribution < -0.4 is 16.2 Å². The van der Waals surface area contributed by atoms with E-state index < -0.39 is 11.9 Å². The van der Waals surface area contributed by atoms with Gasteiger partial charge in [0.2, 0.25) is 11.8 Å². The van der Waals surface area contributed by atoms with Crippen LogP contribution in [0.1, 0.15) is 61.5 Å². The molecule has 1 unspecified atom stereocenters. The zero-order valence-corrected chi connectivity index (χ0v) is 20.8. The minimum Gasteiger partial charge on any atom is -0.379 e.